The monoisotopic (exact) mass is 323 g/mol. The Morgan fingerprint density at radius 1 is 1.45 bits per heavy atom. The fraction of sp³-hybridized carbons (Fsp3) is 0.467. The number of carbonyl (C=O) groups is 1. The van der Waals surface area contributed by atoms with Crippen molar-refractivity contribution in [1.29, 1.82) is 0 Å². The first-order valence-electron chi connectivity index (χ1n) is 6.98. The molecular weight excluding hydrogens is 302 g/mol. The molecular formula is C15H21N3O3S. The van der Waals surface area contributed by atoms with Crippen LogP contribution in [0.4, 0.5) is 5.00 Å². The number of furan rings is 1. The first-order chi connectivity index (χ1) is 10.3. The molecule has 2 aromatic rings. The molecule has 0 aliphatic heterocycles. The molecule has 3 N–H and O–H groups in total. The summed E-state index contributed by atoms with van der Waals surface area (Å²) in [6, 6.07) is 1.79. The van der Waals surface area contributed by atoms with Gasteiger partial charge in [-0.1, -0.05) is 0 Å². The topological polar surface area (TPSA) is 87.4 Å². The smallest absolute Gasteiger partial charge is 0.256 e. The highest BCUT2D eigenvalue weighted by Crippen LogP contribution is 2.27. The molecule has 6 nitrogen and oxygen atoms in total. The van der Waals surface area contributed by atoms with Crippen molar-refractivity contribution in [1.82, 2.24) is 9.69 Å². The van der Waals surface area contributed by atoms with Crippen molar-refractivity contribution in [2.45, 2.75) is 33.3 Å². The van der Waals surface area contributed by atoms with Gasteiger partial charge in [0.1, 0.15) is 22.1 Å². The molecule has 0 radical (unpaired) electrons. The fourth-order valence-corrected chi connectivity index (χ4v) is 3.15. The lowest BCUT2D eigenvalue weighted by Crippen LogP contribution is -2.39. The molecule has 0 aliphatic rings. The van der Waals surface area contributed by atoms with Crippen molar-refractivity contribution in [2.75, 3.05) is 18.9 Å². The maximum absolute atomic E-state index is 12.4. The molecule has 1 amide bonds. The normalized spacial score (nSPS) is 13.7. The third-order valence-electron chi connectivity index (χ3n) is 3.53. The number of carbonyl (C=O) groups excluding carboxylic acids is 1. The number of aryl methyl sites for hydroxylation is 3. The average Bonchev–Trinajstić information content (AvgIpc) is 2.99. The van der Waals surface area contributed by atoms with E-state index in [-0.39, 0.29) is 12.5 Å². The van der Waals surface area contributed by atoms with Crippen molar-refractivity contribution < 1.29 is 14.3 Å². The first kappa shape index (κ1) is 16.5. The SMILES string of the molecule is CNc1snc(C)c1C(=O)NCC(C)(O)c1cc(C)oc1C. The number of nitrogens with zero attached hydrogens (tertiary/aromatic N) is 1. The number of anilines is 1. The number of rotatable bonds is 5. The Kier molecular flexibility index (Phi) is 4.58. The zero-order valence-corrected chi connectivity index (χ0v) is 14.2. The molecule has 7 heteroatoms. The van der Waals surface area contributed by atoms with Gasteiger partial charge in [-0.3, -0.25) is 4.79 Å². The summed E-state index contributed by atoms with van der Waals surface area (Å²) in [5, 5.41) is 17.1. The van der Waals surface area contributed by atoms with Gasteiger partial charge < -0.3 is 20.2 Å². The molecule has 2 heterocycles. The second-order valence-corrected chi connectivity index (χ2v) is 6.28. The minimum absolute atomic E-state index is 0.0874. The summed E-state index contributed by atoms with van der Waals surface area (Å²) in [7, 11) is 1.75. The lowest BCUT2D eigenvalue weighted by Gasteiger charge is -2.23. The molecule has 0 aromatic carbocycles. The van der Waals surface area contributed by atoms with Crippen LogP contribution in [0.5, 0.6) is 0 Å². The van der Waals surface area contributed by atoms with Crippen LogP contribution in [0.25, 0.3) is 0 Å². The molecule has 1 atom stereocenters. The number of aromatic nitrogens is 1. The van der Waals surface area contributed by atoms with E-state index in [1.54, 1.807) is 33.9 Å². The lowest BCUT2D eigenvalue weighted by atomic mass is 9.96. The van der Waals surface area contributed by atoms with Gasteiger partial charge in [-0.15, -0.1) is 0 Å². The van der Waals surface area contributed by atoms with Crippen molar-refractivity contribution in [3.05, 3.63) is 34.4 Å². The second kappa shape index (κ2) is 6.10. The summed E-state index contributed by atoms with van der Waals surface area (Å²) < 4.78 is 9.61. The summed E-state index contributed by atoms with van der Waals surface area (Å²) in [5.41, 5.74) is 0.666. The van der Waals surface area contributed by atoms with E-state index >= 15 is 0 Å². The van der Waals surface area contributed by atoms with Crippen LogP contribution in [0.1, 0.15) is 40.1 Å². The van der Waals surface area contributed by atoms with Crippen LogP contribution in [0, 0.1) is 20.8 Å². The van der Waals surface area contributed by atoms with Crippen molar-refractivity contribution in [3.63, 3.8) is 0 Å². The van der Waals surface area contributed by atoms with Crippen LogP contribution in [-0.4, -0.2) is 29.0 Å². The molecule has 0 bridgehead atoms. The van der Waals surface area contributed by atoms with Gasteiger partial charge in [0.2, 0.25) is 0 Å². The van der Waals surface area contributed by atoms with Crippen molar-refractivity contribution in [3.8, 4) is 0 Å². The molecule has 0 aliphatic carbocycles. The van der Waals surface area contributed by atoms with Crippen LogP contribution in [0.15, 0.2) is 10.5 Å². The van der Waals surface area contributed by atoms with E-state index < -0.39 is 5.60 Å². The molecule has 0 saturated heterocycles. The van der Waals surface area contributed by atoms with E-state index in [9.17, 15) is 9.90 Å². The number of aliphatic hydroxyl groups is 1. The minimum Gasteiger partial charge on any atom is -0.466 e. The number of amides is 1. The third kappa shape index (κ3) is 3.15. The molecule has 0 saturated carbocycles. The van der Waals surface area contributed by atoms with E-state index in [0.29, 0.717) is 27.6 Å². The molecule has 2 aromatic heterocycles. The van der Waals surface area contributed by atoms with Gasteiger partial charge in [-0.2, -0.15) is 4.37 Å². The summed E-state index contributed by atoms with van der Waals surface area (Å²) in [6.45, 7) is 7.15. The van der Waals surface area contributed by atoms with E-state index in [0.717, 1.165) is 5.76 Å². The van der Waals surface area contributed by atoms with Crippen molar-refractivity contribution in [2.24, 2.45) is 0 Å². The van der Waals surface area contributed by atoms with Gasteiger partial charge in [0.25, 0.3) is 5.91 Å². The molecule has 22 heavy (non-hydrogen) atoms. The first-order valence-corrected chi connectivity index (χ1v) is 7.75. The predicted octanol–water partition coefficient (Wildman–Crippen LogP) is 2.34. The van der Waals surface area contributed by atoms with E-state index in [1.807, 2.05) is 6.92 Å². The summed E-state index contributed by atoms with van der Waals surface area (Å²) in [5.74, 6) is 1.13. The summed E-state index contributed by atoms with van der Waals surface area (Å²) in [4.78, 5) is 12.4. The van der Waals surface area contributed by atoms with Gasteiger partial charge >= 0.3 is 0 Å². The molecule has 120 valence electrons. The van der Waals surface area contributed by atoms with Gasteiger partial charge in [0.05, 0.1) is 17.8 Å². The Balaban J connectivity index is 2.13. The highest BCUT2D eigenvalue weighted by atomic mass is 32.1. The maximum Gasteiger partial charge on any atom is 0.256 e. The molecule has 0 spiro atoms. The summed E-state index contributed by atoms with van der Waals surface area (Å²) >= 11 is 1.24. The zero-order valence-electron chi connectivity index (χ0n) is 13.4. The zero-order chi connectivity index (χ0) is 16.5. The maximum atomic E-state index is 12.4. The van der Waals surface area contributed by atoms with Crippen molar-refractivity contribution >= 4 is 22.4 Å². The van der Waals surface area contributed by atoms with E-state index in [4.69, 9.17) is 4.42 Å². The Bertz CT molecular complexity index is 688. The van der Waals surface area contributed by atoms with Crippen LogP contribution >= 0.6 is 11.5 Å². The van der Waals surface area contributed by atoms with Gasteiger partial charge in [0, 0.05) is 12.6 Å². The van der Waals surface area contributed by atoms with Crippen LogP contribution in [0.3, 0.4) is 0 Å². The Labute approximate surface area is 133 Å². The number of hydrogen-bond acceptors (Lipinski definition) is 6. The van der Waals surface area contributed by atoms with Gasteiger partial charge in [-0.05, 0) is 45.3 Å². The fourth-order valence-electron chi connectivity index (χ4n) is 2.41. The quantitative estimate of drug-likeness (QED) is 0.786. The minimum atomic E-state index is -1.20. The van der Waals surface area contributed by atoms with E-state index in [2.05, 4.69) is 15.0 Å². The number of nitrogens with one attached hydrogen (secondary N) is 2. The largest absolute Gasteiger partial charge is 0.466 e. The van der Waals surface area contributed by atoms with E-state index in [1.165, 1.54) is 11.5 Å². The van der Waals surface area contributed by atoms with Crippen LogP contribution < -0.4 is 10.6 Å². The molecule has 1 unspecified atom stereocenters. The standard InChI is InChI=1S/C15H21N3O3S/c1-8-6-11(10(3)21-8)15(4,20)7-17-13(19)12-9(2)18-22-14(12)16-5/h6,16,20H,7H2,1-5H3,(H,17,19). The predicted molar refractivity (Wildman–Crippen MR) is 86.5 cm³/mol. The third-order valence-corrected chi connectivity index (χ3v) is 4.49. The summed E-state index contributed by atoms with van der Waals surface area (Å²) in [6.07, 6.45) is 0. The highest BCUT2D eigenvalue weighted by Gasteiger charge is 2.29. The van der Waals surface area contributed by atoms with Gasteiger partial charge in [-0.25, -0.2) is 0 Å². The van der Waals surface area contributed by atoms with Crippen LogP contribution in [-0.2, 0) is 5.60 Å². The number of hydrogen-bond donors (Lipinski definition) is 3. The highest BCUT2D eigenvalue weighted by molar-refractivity contribution is 7.10. The second-order valence-electron chi connectivity index (χ2n) is 5.51. The molecule has 0 fully saturated rings. The molecule has 2 rings (SSSR count). The van der Waals surface area contributed by atoms with Gasteiger partial charge in [0.15, 0.2) is 0 Å². The Morgan fingerprint density at radius 3 is 2.68 bits per heavy atom. The Morgan fingerprint density at radius 2 is 2.14 bits per heavy atom. The Hall–Kier alpha value is -1.86. The van der Waals surface area contributed by atoms with Crippen LogP contribution in [0.2, 0.25) is 0 Å². The lowest BCUT2D eigenvalue weighted by molar-refractivity contribution is 0.0514. The average molecular weight is 323 g/mol.